The molecule has 0 aromatic rings. The highest BCUT2D eigenvalue weighted by Crippen LogP contribution is 1.84. The molecule has 0 aromatic carbocycles. The number of rotatable bonds is 2. The Hall–Kier alpha value is -1.15. The van der Waals surface area contributed by atoms with Gasteiger partial charge in [0.1, 0.15) is 0 Å². The minimum absolute atomic E-state index is 0.742. The maximum absolute atomic E-state index is 10.0. The monoisotopic (exact) mass is 128 g/mol. The number of hydrogen-bond acceptors (Lipinski definition) is 3. The van der Waals surface area contributed by atoms with Crippen LogP contribution in [0.25, 0.3) is 0 Å². The lowest BCUT2D eigenvalue weighted by Crippen LogP contribution is -2.12. The van der Waals surface area contributed by atoms with Crippen LogP contribution in [-0.4, -0.2) is 30.2 Å². The van der Waals surface area contributed by atoms with Gasteiger partial charge in [-0.25, -0.2) is 14.8 Å². The van der Waals surface area contributed by atoms with Gasteiger partial charge in [0, 0.05) is 7.05 Å². The first kappa shape index (κ1) is 7.85. The van der Waals surface area contributed by atoms with Crippen LogP contribution in [-0.2, 0) is 4.79 Å². The molecule has 1 N–H and O–H groups in total. The first-order chi connectivity index (χ1) is 4.18. The van der Waals surface area contributed by atoms with E-state index >= 15 is 0 Å². The second-order valence-corrected chi connectivity index (χ2v) is 1.47. The van der Waals surface area contributed by atoms with E-state index in [2.05, 4.69) is 16.0 Å². The van der Waals surface area contributed by atoms with Crippen molar-refractivity contribution in [1.82, 2.24) is 0 Å². The van der Waals surface area contributed by atoms with Crippen molar-refractivity contribution in [3.05, 3.63) is 0 Å². The van der Waals surface area contributed by atoms with Crippen molar-refractivity contribution in [3.63, 3.8) is 0 Å². The van der Waals surface area contributed by atoms with E-state index in [-0.39, 0.29) is 0 Å². The molecule has 0 bridgehead atoms. The van der Waals surface area contributed by atoms with Crippen LogP contribution in [0.2, 0.25) is 0 Å². The summed E-state index contributed by atoms with van der Waals surface area (Å²) >= 11 is 0. The summed E-state index contributed by atoms with van der Waals surface area (Å²) in [5.41, 5.74) is 0. The Morgan fingerprint density at radius 1 is 1.78 bits per heavy atom. The zero-order valence-electron chi connectivity index (χ0n) is 5.33. The molecule has 0 aliphatic carbocycles. The number of carboxylic acid groups (broad SMARTS) is 1. The Labute approximate surface area is 52.9 Å². The number of carboxylic acids is 1. The molecule has 0 amide bonds. The van der Waals surface area contributed by atoms with Gasteiger partial charge in [0.05, 0.1) is 6.01 Å². The van der Waals surface area contributed by atoms with E-state index in [0.29, 0.717) is 0 Å². The van der Waals surface area contributed by atoms with Gasteiger partial charge in [-0.05, 0) is 6.92 Å². The van der Waals surface area contributed by atoms with Crippen molar-refractivity contribution >= 4 is 12.0 Å². The molecule has 0 rings (SSSR count). The van der Waals surface area contributed by atoms with Gasteiger partial charge < -0.3 is 5.11 Å². The summed E-state index contributed by atoms with van der Waals surface area (Å²) in [7, 11) is 1.48. The fraction of sp³-hybridized carbons (Fsp3) is 0.600. The number of carbonyl (C=O) groups is 1. The molecule has 9 heavy (non-hydrogen) atoms. The minimum atomic E-state index is -0.967. The summed E-state index contributed by atoms with van der Waals surface area (Å²) in [5.74, 6) is -0.967. The lowest BCUT2D eigenvalue weighted by Gasteiger charge is -1.91. The summed E-state index contributed by atoms with van der Waals surface area (Å²) < 4.78 is 0. The van der Waals surface area contributed by atoms with Gasteiger partial charge in [0.15, 0.2) is 6.04 Å². The molecule has 0 aromatic heterocycles. The van der Waals surface area contributed by atoms with Crippen LogP contribution in [0.4, 0.5) is 0 Å². The van der Waals surface area contributed by atoms with E-state index in [9.17, 15) is 4.79 Å². The van der Waals surface area contributed by atoms with Crippen molar-refractivity contribution in [2.75, 3.05) is 7.05 Å². The Morgan fingerprint density at radius 3 is 2.67 bits per heavy atom. The molecule has 0 spiro atoms. The maximum atomic E-state index is 10.0. The molecule has 4 heteroatoms. The van der Waals surface area contributed by atoms with Crippen LogP contribution in [0.1, 0.15) is 6.92 Å². The Bertz CT molecular complexity index is 158. The van der Waals surface area contributed by atoms with E-state index in [0.717, 1.165) is 0 Å². The minimum Gasteiger partial charge on any atom is -0.480 e. The zero-order valence-corrected chi connectivity index (χ0v) is 5.33. The van der Waals surface area contributed by atoms with E-state index in [4.69, 9.17) is 5.11 Å². The molecular weight excluding hydrogens is 120 g/mol. The van der Waals surface area contributed by atoms with Crippen molar-refractivity contribution in [3.8, 4) is 0 Å². The summed E-state index contributed by atoms with van der Waals surface area (Å²) in [6.07, 6.45) is 0. The molecule has 4 nitrogen and oxygen atoms in total. The third kappa shape index (κ3) is 3.43. The maximum Gasteiger partial charge on any atom is 0.329 e. The van der Waals surface area contributed by atoms with Crippen molar-refractivity contribution in [1.29, 1.82) is 0 Å². The zero-order chi connectivity index (χ0) is 7.28. The molecule has 0 saturated carbocycles. The van der Waals surface area contributed by atoms with E-state index in [1.807, 2.05) is 0 Å². The second kappa shape index (κ2) is 3.80. The van der Waals surface area contributed by atoms with Crippen LogP contribution in [0.15, 0.2) is 9.98 Å². The van der Waals surface area contributed by atoms with Crippen molar-refractivity contribution in [2.24, 2.45) is 9.98 Å². The van der Waals surface area contributed by atoms with Gasteiger partial charge in [0.25, 0.3) is 0 Å². The molecule has 1 unspecified atom stereocenters. The van der Waals surface area contributed by atoms with Gasteiger partial charge in [-0.3, -0.25) is 0 Å². The molecule has 1 atom stereocenters. The fourth-order valence-corrected chi connectivity index (χ4v) is 0.200. The highest BCUT2D eigenvalue weighted by Gasteiger charge is 2.05. The second-order valence-electron chi connectivity index (χ2n) is 1.47. The smallest absolute Gasteiger partial charge is 0.329 e. The lowest BCUT2D eigenvalue weighted by atomic mass is 10.4. The number of nitrogens with zero attached hydrogens (tertiary/aromatic N) is 2. The highest BCUT2D eigenvalue weighted by atomic mass is 16.4. The molecule has 0 saturated heterocycles. The first-order valence-electron chi connectivity index (χ1n) is 2.45. The molecule has 0 heterocycles. The number of hydrogen-bond donors (Lipinski definition) is 1. The van der Waals surface area contributed by atoms with Gasteiger partial charge in [0.2, 0.25) is 0 Å². The topological polar surface area (TPSA) is 62.0 Å². The average molecular weight is 128 g/mol. The summed E-state index contributed by atoms with van der Waals surface area (Å²) in [6.45, 7) is 1.46. The van der Waals surface area contributed by atoms with Crippen LogP contribution in [0.3, 0.4) is 0 Å². The van der Waals surface area contributed by atoms with Crippen LogP contribution in [0, 0.1) is 0 Å². The normalized spacial score (nSPS) is 11.3. The van der Waals surface area contributed by atoms with Crippen molar-refractivity contribution < 1.29 is 9.90 Å². The van der Waals surface area contributed by atoms with Crippen molar-refractivity contribution in [2.45, 2.75) is 13.0 Å². The Kier molecular flexibility index (Phi) is 3.32. The standard InChI is InChI=1S/C5H8N2O2/c1-4(5(8)9)7-3-6-2/h4H,1-2H3,(H,8,9). The van der Waals surface area contributed by atoms with E-state index in [1.54, 1.807) is 0 Å². The number of aliphatic imine (C=N–C) groups is 2. The van der Waals surface area contributed by atoms with Gasteiger partial charge >= 0.3 is 5.97 Å². The van der Waals surface area contributed by atoms with E-state index in [1.165, 1.54) is 14.0 Å². The van der Waals surface area contributed by atoms with Gasteiger partial charge in [-0.2, -0.15) is 0 Å². The molecule has 0 fully saturated rings. The first-order valence-corrected chi connectivity index (χ1v) is 2.45. The Morgan fingerprint density at radius 2 is 2.33 bits per heavy atom. The van der Waals surface area contributed by atoms with Crippen LogP contribution < -0.4 is 0 Å². The third-order valence-electron chi connectivity index (χ3n) is 0.709. The third-order valence-corrected chi connectivity index (χ3v) is 0.709. The summed E-state index contributed by atoms with van der Waals surface area (Å²) in [5, 5.41) is 8.23. The molecule has 0 aliphatic heterocycles. The summed E-state index contributed by atoms with van der Waals surface area (Å²) in [4.78, 5) is 16.8. The fourth-order valence-electron chi connectivity index (χ4n) is 0.200. The van der Waals surface area contributed by atoms with Gasteiger partial charge in [-0.1, -0.05) is 0 Å². The number of aliphatic carboxylic acids is 1. The lowest BCUT2D eigenvalue weighted by molar-refractivity contribution is -0.137. The van der Waals surface area contributed by atoms with E-state index < -0.39 is 12.0 Å². The Balaban J connectivity index is 3.91. The largest absolute Gasteiger partial charge is 0.480 e. The molecule has 50 valence electrons. The van der Waals surface area contributed by atoms with Crippen LogP contribution in [0.5, 0.6) is 0 Å². The molecule has 0 radical (unpaired) electrons. The average Bonchev–Trinajstić information content (AvgIpc) is 1.82. The molecular formula is C5H8N2O2. The predicted molar refractivity (Wildman–Crippen MR) is 32.9 cm³/mol. The molecule has 0 aliphatic rings. The SMILES string of the molecule is CN=C=NC(C)C(=O)O. The highest BCUT2D eigenvalue weighted by molar-refractivity contribution is 5.74. The summed E-state index contributed by atoms with van der Waals surface area (Å²) in [6, 6.07) is 1.46. The van der Waals surface area contributed by atoms with Gasteiger partial charge in [-0.15, -0.1) is 0 Å². The predicted octanol–water partition coefficient (Wildman–Crippen LogP) is 0.263. The van der Waals surface area contributed by atoms with Crippen LogP contribution >= 0.6 is 0 Å². The quantitative estimate of drug-likeness (QED) is 0.542.